The number of nitrogens with one attached hydrogen (secondary N) is 1. The van der Waals surface area contributed by atoms with Gasteiger partial charge in [0.25, 0.3) is 0 Å². The number of hydrogen-bond donors (Lipinski definition) is 1. The smallest absolute Gasteiger partial charge is 0.387 e. The zero-order valence-electron chi connectivity index (χ0n) is 12.2. The van der Waals surface area contributed by atoms with Gasteiger partial charge in [-0.3, -0.25) is 0 Å². The van der Waals surface area contributed by atoms with E-state index < -0.39 is 6.61 Å². The summed E-state index contributed by atoms with van der Waals surface area (Å²) in [5.74, 6) is 0.341. The maximum Gasteiger partial charge on any atom is 0.387 e. The highest BCUT2D eigenvalue weighted by Crippen LogP contribution is 2.43. The molecule has 0 radical (unpaired) electrons. The molecule has 0 amide bonds. The molecule has 1 aromatic rings. The van der Waals surface area contributed by atoms with Crippen LogP contribution in [0.3, 0.4) is 0 Å². The highest BCUT2D eigenvalue weighted by molar-refractivity contribution is 6.37. The molecule has 1 aromatic carbocycles. The van der Waals surface area contributed by atoms with E-state index in [1.165, 1.54) is 0 Å². The second-order valence-electron chi connectivity index (χ2n) is 6.45. The first-order chi connectivity index (χ1) is 9.68. The molecule has 6 heteroatoms. The molecule has 0 saturated heterocycles. The van der Waals surface area contributed by atoms with E-state index in [9.17, 15) is 8.78 Å². The van der Waals surface area contributed by atoms with E-state index in [-0.39, 0.29) is 15.8 Å². The van der Waals surface area contributed by atoms with Crippen LogP contribution in [-0.2, 0) is 0 Å². The minimum absolute atomic E-state index is 0.0789. The minimum Gasteiger partial charge on any atom is -0.432 e. The quantitative estimate of drug-likeness (QED) is 0.746. The molecule has 2 unspecified atom stereocenters. The van der Waals surface area contributed by atoms with Crippen molar-refractivity contribution in [3.8, 4) is 5.75 Å². The summed E-state index contributed by atoms with van der Waals surface area (Å²) in [6.07, 6.45) is 2.18. The molecular formula is C15H19Cl2F2NO. The lowest BCUT2D eigenvalue weighted by Gasteiger charge is -2.21. The van der Waals surface area contributed by atoms with Gasteiger partial charge in [0.15, 0.2) is 5.75 Å². The van der Waals surface area contributed by atoms with E-state index in [0.29, 0.717) is 17.4 Å². The summed E-state index contributed by atoms with van der Waals surface area (Å²) in [5, 5.41) is 3.55. The predicted octanol–water partition coefficient (Wildman–Crippen LogP) is 5.83. The topological polar surface area (TPSA) is 21.3 Å². The van der Waals surface area contributed by atoms with Crippen molar-refractivity contribution in [3.63, 3.8) is 0 Å². The molecule has 2 nitrogen and oxygen atoms in total. The van der Waals surface area contributed by atoms with Crippen molar-refractivity contribution in [1.82, 2.24) is 0 Å². The first-order valence-corrected chi connectivity index (χ1v) is 7.64. The van der Waals surface area contributed by atoms with Crippen LogP contribution >= 0.6 is 23.2 Å². The molecule has 0 heterocycles. The maximum absolute atomic E-state index is 12.3. The van der Waals surface area contributed by atoms with Gasteiger partial charge in [-0.15, -0.1) is 0 Å². The summed E-state index contributed by atoms with van der Waals surface area (Å²) in [5.41, 5.74) is 1.02. The molecule has 2 rings (SSSR count). The second kappa shape index (κ2) is 6.17. The number of hydrogen-bond acceptors (Lipinski definition) is 2. The SMILES string of the molecule is CC1CC(C)(C)CC1Nc1cc(Cl)c(OC(F)F)c(Cl)c1. The number of ether oxygens (including phenoxy) is 1. The molecule has 1 aliphatic rings. The van der Waals surface area contributed by atoms with Crippen LogP contribution in [0.15, 0.2) is 12.1 Å². The van der Waals surface area contributed by atoms with Crippen molar-refractivity contribution >= 4 is 28.9 Å². The summed E-state index contributed by atoms with van der Waals surface area (Å²) < 4.78 is 28.9. The van der Waals surface area contributed by atoms with Crippen LogP contribution in [-0.4, -0.2) is 12.7 Å². The monoisotopic (exact) mass is 337 g/mol. The first-order valence-electron chi connectivity index (χ1n) is 6.88. The Kier molecular flexibility index (Phi) is 4.89. The van der Waals surface area contributed by atoms with Gasteiger partial charge in [0.05, 0.1) is 10.0 Å². The molecular weight excluding hydrogens is 319 g/mol. The van der Waals surface area contributed by atoms with Gasteiger partial charge < -0.3 is 10.1 Å². The average molecular weight is 338 g/mol. The van der Waals surface area contributed by atoms with Gasteiger partial charge in [-0.2, -0.15) is 8.78 Å². The number of alkyl halides is 2. The Bertz CT molecular complexity index is 499. The normalized spacial score (nSPS) is 24.4. The number of benzene rings is 1. The molecule has 1 saturated carbocycles. The fraction of sp³-hybridized carbons (Fsp3) is 0.600. The van der Waals surface area contributed by atoms with E-state index in [1.54, 1.807) is 12.1 Å². The van der Waals surface area contributed by atoms with E-state index in [0.717, 1.165) is 18.5 Å². The van der Waals surface area contributed by atoms with Crippen molar-refractivity contribution < 1.29 is 13.5 Å². The molecule has 118 valence electrons. The van der Waals surface area contributed by atoms with Crippen molar-refractivity contribution in [2.24, 2.45) is 11.3 Å². The molecule has 0 bridgehead atoms. The van der Waals surface area contributed by atoms with E-state index in [4.69, 9.17) is 23.2 Å². The van der Waals surface area contributed by atoms with Crippen molar-refractivity contribution in [1.29, 1.82) is 0 Å². The maximum atomic E-state index is 12.3. The van der Waals surface area contributed by atoms with E-state index in [1.807, 2.05) is 0 Å². The van der Waals surface area contributed by atoms with Gasteiger partial charge in [0.1, 0.15) is 0 Å². The van der Waals surface area contributed by atoms with Crippen LogP contribution in [0.25, 0.3) is 0 Å². The summed E-state index contributed by atoms with van der Waals surface area (Å²) in [7, 11) is 0. The van der Waals surface area contributed by atoms with Gasteiger partial charge in [-0.1, -0.05) is 44.0 Å². The molecule has 21 heavy (non-hydrogen) atoms. The van der Waals surface area contributed by atoms with Crippen molar-refractivity contribution in [3.05, 3.63) is 22.2 Å². The van der Waals surface area contributed by atoms with Crippen LogP contribution in [0.5, 0.6) is 5.75 Å². The second-order valence-corrected chi connectivity index (χ2v) is 7.26. The number of rotatable bonds is 4. The van der Waals surface area contributed by atoms with Crippen molar-refractivity contribution in [2.45, 2.75) is 46.3 Å². The Morgan fingerprint density at radius 1 is 1.24 bits per heavy atom. The number of anilines is 1. The van der Waals surface area contributed by atoms with Crippen molar-refractivity contribution in [2.75, 3.05) is 5.32 Å². The van der Waals surface area contributed by atoms with Gasteiger partial charge in [0, 0.05) is 11.7 Å². The third kappa shape index (κ3) is 4.13. The average Bonchev–Trinajstić information content (AvgIpc) is 2.56. The predicted molar refractivity (Wildman–Crippen MR) is 82.7 cm³/mol. The van der Waals surface area contributed by atoms with Crippen LogP contribution < -0.4 is 10.1 Å². The highest BCUT2D eigenvalue weighted by atomic mass is 35.5. The third-order valence-corrected chi connectivity index (χ3v) is 4.45. The van der Waals surface area contributed by atoms with Crippen LogP contribution in [0, 0.1) is 11.3 Å². The summed E-state index contributed by atoms with van der Waals surface area (Å²) in [6, 6.07) is 3.46. The van der Waals surface area contributed by atoms with Gasteiger partial charge in [-0.25, -0.2) is 0 Å². The zero-order valence-corrected chi connectivity index (χ0v) is 13.7. The first kappa shape index (κ1) is 16.6. The number of halogens is 4. The molecule has 1 fully saturated rings. The molecule has 2 atom stereocenters. The van der Waals surface area contributed by atoms with E-state index >= 15 is 0 Å². The summed E-state index contributed by atoms with van der Waals surface area (Å²) >= 11 is 11.9. The zero-order chi connectivity index (χ0) is 15.8. The van der Waals surface area contributed by atoms with Crippen LogP contribution in [0.1, 0.15) is 33.6 Å². The Labute approximate surface area is 133 Å². The fourth-order valence-corrected chi connectivity index (χ4v) is 3.72. The molecule has 1 N–H and O–H groups in total. The lowest BCUT2D eigenvalue weighted by Crippen LogP contribution is -2.22. The highest BCUT2D eigenvalue weighted by Gasteiger charge is 2.36. The van der Waals surface area contributed by atoms with Gasteiger partial charge in [0.2, 0.25) is 0 Å². The molecule has 0 aromatic heterocycles. The molecule has 1 aliphatic carbocycles. The lowest BCUT2D eigenvalue weighted by atomic mass is 9.91. The van der Waals surface area contributed by atoms with Gasteiger partial charge in [-0.05, 0) is 36.3 Å². The van der Waals surface area contributed by atoms with Gasteiger partial charge >= 0.3 is 6.61 Å². The molecule has 0 spiro atoms. The Balaban J connectivity index is 2.15. The third-order valence-electron chi connectivity index (χ3n) is 3.89. The Hall–Kier alpha value is -0.740. The largest absolute Gasteiger partial charge is 0.432 e. The minimum atomic E-state index is -2.95. The fourth-order valence-electron chi connectivity index (χ4n) is 3.15. The standard InChI is InChI=1S/C15H19Cl2F2NO/c1-8-6-15(2,3)7-12(8)20-9-4-10(16)13(11(17)5-9)21-14(18)19/h4-5,8,12,14,20H,6-7H2,1-3H3. The van der Waals surface area contributed by atoms with E-state index in [2.05, 4.69) is 30.8 Å². The Morgan fingerprint density at radius 3 is 2.24 bits per heavy atom. The summed E-state index contributed by atoms with van der Waals surface area (Å²) in [6.45, 7) is 3.73. The summed E-state index contributed by atoms with van der Waals surface area (Å²) in [4.78, 5) is 0. The molecule has 0 aliphatic heterocycles. The van der Waals surface area contributed by atoms with Crippen LogP contribution in [0.4, 0.5) is 14.5 Å². The van der Waals surface area contributed by atoms with Crippen LogP contribution in [0.2, 0.25) is 10.0 Å². The Morgan fingerprint density at radius 2 is 1.81 bits per heavy atom. The lowest BCUT2D eigenvalue weighted by molar-refractivity contribution is -0.0497.